The van der Waals surface area contributed by atoms with E-state index < -0.39 is 0 Å². The summed E-state index contributed by atoms with van der Waals surface area (Å²) in [6, 6.07) is 27.7. The highest BCUT2D eigenvalue weighted by Crippen LogP contribution is 2.35. The third kappa shape index (κ3) is 6.27. The SMILES string of the molecule is O=c1oc(-c2ccc(/C=C/c3ccc(-c4nc5ccc(C6CCCCC6)cc5c(=O)o4)cc3)cc2)nc2ccc(C3CCCCC3)cc12. The van der Waals surface area contributed by atoms with Crippen LogP contribution in [-0.4, -0.2) is 9.97 Å². The average molecular weight is 635 g/mol. The monoisotopic (exact) mass is 634 g/mol. The number of hydrogen-bond acceptors (Lipinski definition) is 6. The van der Waals surface area contributed by atoms with Gasteiger partial charge in [-0.2, -0.15) is 0 Å². The molecule has 2 aliphatic carbocycles. The molecule has 48 heavy (non-hydrogen) atoms. The topological polar surface area (TPSA) is 86.2 Å². The van der Waals surface area contributed by atoms with Crippen LogP contribution in [0.4, 0.5) is 0 Å². The fourth-order valence-corrected chi connectivity index (χ4v) is 7.47. The second-order valence-electron chi connectivity index (χ2n) is 13.4. The normalized spacial score (nSPS) is 16.2. The largest absolute Gasteiger partial charge is 0.403 e. The highest BCUT2D eigenvalue weighted by molar-refractivity contribution is 5.81. The van der Waals surface area contributed by atoms with Crippen molar-refractivity contribution in [3.8, 4) is 22.9 Å². The van der Waals surface area contributed by atoms with Gasteiger partial charge in [-0.25, -0.2) is 19.6 Å². The lowest BCUT2D eigenvalue weighted by atomic mass is 9.84. The molecule has 6 aromatic rings. The standard InChI is InChI=1S/C42H38N2O4/c45-41-35-25-33(29-7-3-1-4-8-29)21-23-37(35)43-39(47-41)31-17-13-27(14-18-31)11-12-28-15-19-32(20-16-28)40-44-38-24-22-34(26-36(38)42(46)48-40)30-9-5-2-6-10-30/h11-26,29-30H,1-10H2/b12-11+. The number of benzene rings is 4. The Hall–Kier alpha value is -5.10. The van der Waals surface area contributed by atoms with Crippen molar-refractivity contribution in [2.75, 3.05) is 0 Å². The van der Waals surface area contributed by atoms with Crippen molar-refractivity contribution in [2.45, 2.75) is 76.0 Å². The molecule has 2 saturated carbocycles. The van der Waals surface area contributed by atoms with E-state index in [0.717, 1.165) is 22.3 Å². The van der Waals surface area contributed by atoms with Gasteiger partial charge in [-0.05, 0) is 108 Å². The van der Waals surface area contributed by atoms with E-state index >= 15 is 0 Å². The first-order valence-electron chi connectivity index (χ1n) is 17.4. The lowest BCUT2D eigenvalue weighted by Crippen LogP contribution is -2.07. The number of aromatic nitrogens is 2. The molecular weight excluding hydrogens is 596 g/mol. The van der Waals surface area contributed by atoms with Crippen LogP contribution in [0.25, 0.3) is 56.9 Å². The fourth-order valence-electron chi connectivity index (χ4n) is 7.47. The molecule has 0 radical (unpaired) electrons. The molecule has 0 aliphatic heterocycles. The van der Waals surface area contributed by atoms with Gasteiger partial charge in [-0.3, -0.25) is 0 Å². The second kappa shape index (κ2) is 13.2. The maximum Gasteiger partial charge on any atom is 0.347 e. The van der Waals surface area contributed by atoms with Crippen molar-refractivity contribution in [3.05, 3.63) is 128 Å². The van der Waals surface area contributed by atoms with Crippen molar-refractivity contribution in [1.29, 1.82) is 0 Å². The van der Waals surface area contributed by atoms with Crippen LogP contribution in [0, 0.1) is 0 Å². The van der Waals surface area contributed by atoms with Crippen LogP contribution in [0.3, 0.4) is 0 Å². The summed E-state index contributed by atoms with van der Waals surface area (Å²) in [6.07, 6.45) is 16.3. The predicted molar refractivity (Wildman–Crippen MR) is 192 cm³/mol. The zero-order valence-corrected chi connectivity index (χ0v) is 27.0. The summed E-state index contributed by atoms with van der Waals surface area (Å²) in [5.74, 6) is 1.68. The summed E-state index contributed by atoms with van der Waals surface area (Å²) in [4.78, 5) is 35.2. The minimum atomic E-state index is -0.345. The first-order chi connectivity index (χ1) is 23.6. The van der Waals surface area contributed by atoms with Gasteiger partial charge in [-0.1, -0.05) is 87.1 Å². The van der Waals surface area contributed by atoms with Crippen molar-refractivity contribution in [1.82, 2.24) is 9.97 Å². The van der Waals surface area contributed by atoms with Gasteiger partial charge in [0.05, 0.1) is 21.8 Å². The molecule has 0 amide bonds. The number of fused-ring (bicyclic) bond motifs is 2. The van der Waals surface area contributed by atoms with Crippen LogP contribution in [0.15, 0.2) is 103 Å². The van der Waals surface area contributed by atoms with E-state index in [1.54, 1.807) is 0 Å². The fraction of sp³-hybridized carbons (Fsp3) is 0.286. The van der Waals surface area contributed by atoms with Gasteiger partial charge < -0.3 is 8.83 Å². The summed E-state index contributed by atoms with van der Waals surface area (Å²) in [6.45, 7) is 0. The first kappa shape index (κ1) is 30.2. The third-order valence-corrected chi connectivity index (χ3v) is 10.2. The number of nitrogens with zero attached hydrogens (tertiary/aromatic N) is 2. The molecule has 8 rings (SSSR count). The van der Waals surface area contributed by atoms with Crippen molar-refractivity contribution in [2.24, 2.45) is 0 Å². The second-order valence-corrected chi connectivity index (χ2v) is 13.4. The zero-order chi connectivity index (χ0) is 32.5. The summed E-state index contributed by atoms with van der Waals surface area (Å²) in [5.41, 5.74) is 6.57. The molecule has 0 spiro atoms. The van der Waals surface area contributed by atoms with Gasteiger partial charge in [0.15, 0.2) is 0 Å². The Morgan fingerprint density at radius 2 is 0.896 bits per heavy atom. The van der Waals surface area contributed by atoms with Gasteiger partial charge >= 0.3 is 11.3 Å². The molecule has 6 heteroatoms. The van der Waals surface area contributed by atoms with Gasteiger partial charge in [0.2, 0.25) is 11.8 Å². The molecule has 0 atom stereocenters. The molecule has 2 aromatic heterocycles. The van der Waals surface area contributed by atoms with E-state index in [2.05, 4.69) is 22.1 Å². The van der Waals surface area contributed by atoms with Gasteiger partial charge in [-0.15, -0.1) is 0 Å². The Morgan fingerprint density at radius 1 is 0.500 bits per heavy atom. The van der Waals surface area contributed by atoms with Gasteiger partial charge in [0.25, 0.3) is 0 Å². The Bertz CT molecular complexity index is 2070. The molecule has 2 fully saturated rings. The predicted octanol–water partition coefficient (Wildman–Crippen LogP) is 10.3. The first-order valence-corrected chi connectivity index (χ1v) is 17.4. The lowest BCUT2D eigenvalue weighted by Gasteiger charge is -2.22. The van der Waals surface area contributed by atoms with E-state index in [-0.39, 0.29) is 11.3 Å². The van der Waals surface area contributed by atoms with E-state index in [1.165, 1.54) is 75.3 Å². The highest BCUT2D eigenvalue weighted by Gasteiger charge is 2.19. The third-order valence-electron chi connectivity index (χ3n) is 10.2. The van der Waals surface area contributed by atoms with Gasteiger partial charge in [0, 0.05) is 11.1 Å². The van der Waals surface area contributed by atoms with Crippen molar-refractivity contribution >= 4 is 34.0 Å². The minimum Gasteiger partial charge on any atom is -0.403 e. The summed E-state index contributed by atoms with van der Waals surface area (Å²) >= 11 is 0. The Kier molecular flexibility index (Phi) is 8.31. The maximum atomic E-state index is 12.9. The van der Waals surface area contributed by atoms with Crippen LogP contribution >= 0.6 is 0 Å². The van der Waals surface area contributed by atoms with Crippen LogP contribution < -0.4 is 11.3 Å². The molecule has 0 N–H and O–H groups in total. The molecule has 2 aliphatic rings. The smallest absolute Gasteiger partial charge is 0.347 e. The Labute approximate surface area is 279 Å². The highest BCUT2D eigenvalue weighted by atomic mass is 16.4. The number of hydrogen-bond donors (Lipinski definition) is 0. The molecular formula is C42H38N2O4. The van der Waals surface area contributed by atoms with Crippen molar-refractivity contribution < 1.29 is 8.83 Å². The lowest BCUT2D eigenvalue weighted by molar-refractivity contribution is 0.443. The average Bonchev–Trinajstić information content (AvgIpc) is 3.15. The van der Waals surface area contributed by atoms with Crippen molar-refractivity contribution in [3.63, 3.8) is 0 Å². The maximum absolute atomic E-state index is 12.9. The Balaban J connectivity index is 0.959. The molecule has 0 saturated heterocycles. The molecule has 240 valence electrons. The molecule has 0 unspecified atom stereocenters. The Morgan fingerprint density at radius 3 is 1.29 bits per heavy atom. The summed E-state index contributed by atoms with van der Waals surface area (Å²) < 4.78 is 11.4. The van der Waals surface area contributed by atoms with Crippen LogP contribution in [0.5, 0.6) is 0 Å². The summed E-state index contributed by atoms with van der Waals surface area (Å²) in [7, 11) is 0. The molecule has 4 aromatic carbocycles. The molecule has 2 heterocycles. The molecule has 0 bridgehead atoms. The van der Waals surface area contributed by atoms with E-state index in [4.69, 9.17) is 8.83 Å². The molecule has 6 nitrogen and oxygen atoms in total. The van der Waals surface area contributed by atoms with E-state index in [9.17, 15) is 9.59 Å². The van der Waals surface area contributed by atoms with E-state index in [1.807, 2.05) is 84.9 Å². The van der Waals surface area contributed by atoms with Crippen LogP contribution in [0.2, 0.25) is 0 Å². The van der Waals surface area contributed by atoms with E-state index in [0.29, 0.717) is 45.4 Å². The number of rotatable bonds is 6. The minimum absolute atomic E-state index is 0.322. The quantitative estimate of drug-likeness (QED) is 0.170. The van der Waals surface area contributed by atoms with Gasteiger partial charge in [0.1, 0.15) is 0 Å². The van der Waals surface area contributed by atoms with Crippen LogP contribution in [-0.2, 0) is 0 Å². The zero-order valence-electron chi connectivity index (χ0n) is 27.0. The van der Waals surface area contributed by atoms with Crippen LogP contribution in [0.1, 0.15) is 98.3 Å². The summed E-state index contributed by atoms with van der Waals surface area (Å²) in [5, 5.41) is 1.10.